The van der Waals surface area contributed by atoms with Crippen LogP contribution in [0.2, 0.25) is 0 Å². The fraction of sp³-hybridized carbons (Fsp3) is 0.125. The van der Waals surface area contributed by atoms with Crippen molar-refractivity contribution in [1.29, 1.82) is 0 Å². The fourth-order valence-corrected chi connectivity index (χ4v) is 4.00. The van der Waals surface area contributed by atoms with Crippen molar-refractivity contribution >= 4 is 27.2 Å². The van der Waals surface area contributed by atoms with Crippen molar-refractivity contribution in [2.75, 3.05) is 24.3 Å². The van der Waals surface area contributed by atoms with Gasteiger partial charge in [0.25, 0.3) is 10.0 Å². The molecule has 0 radical (unpaired) electrons. The first-order chi connectivity index (χ1) is 15.3. The summed E-state index contributed by atoms with van der Waals surface area (Å²) in [6.45, 7) is 1.89. The van der Waals surface area contributed by atoms with Crippen molar-refractivity contribution in [2.45, 2.75) is 11.8 Å². The molecule has 0 fully saturated rings. The molecule has 0 aromatic heterocycles. The smallest absolute Gasteiger partial charge is 0.261 e. The van der Waals surface area contributed by atoms with Gasteiger partial charge >= 0.3 is 0 Å². The van der Waals surface area contributed by atoms with Crippen LogP contribution in [-0.4, -0.2) is 28.4 Å². The fourth-order valence-electron chi connectivity index (χ4n) is 2.92. The summed E-state index contributed by atoms with van der Waals surface area (Å²) in [7, 11) is -0.754. The summed E-state index contributed by atoms with van der Waals surface area (Å²) in [5.41, 5.74) is 2.19. The second-order valence-corrected chi connectivity index (χ2v) is 8.55. The number of ketones is 1. The molecule has 0 heterocycles. The van der Waals surface area contributed by atoms with Crippen LogP contribution < -0.4 is 19.5 Å². The number of sulfonamides is 1. The third kappa shape index (κ3) is 5.47. The number of carbonyl (C=O) groups is 1. The molecule has 0 aliphatic carbocycles. The number of allylic oxidation sites excluding steroid dienone is 1. The molecular formula is C24H24N2O5S. The summed E-state index contributed by atoms with van der Waals surface area (Å²) >= 11 is 0. The van der Waals surface area contributed by atoms with E-state index >= 15 is 0 Å². The molecule has 0 unspecified atom stereocenters. The van der Waals surface area contributed by atoms with E-state index in [0.717, 1.165) is 5.56 Å². The van der Waals surface area contributed by atoms with Gasteiger partial charge in [0, 0.05) is 18.3 Å². The maximum atomic E-state index is 12.7. The second-order valence-electron chi connectivity index (χ2n) is 6.87. The normalized spacial score (nSPS) is 11.2. The van der Waals surface area contributed by atoms with Gasteiger partial charge in [-0.2, -0.15) is 0 Å². The molecule has 3 aromatic rings. The summed E-state index contributed by atoms with van der Waals surface area (Å²) in [6, 6.07) is 18.3. The highest BCUT2D eigenvalue weighted by Crippen LogP contribution is 2.26. The van der Waals surface area contributed by atoms with Crippen molar-refractivity contribution in [2.24, 2.45) is 0 Å². The van der Waals surface area contributed by atoms with Crippen LogP contribution in [0.1, 0.15) is 15.9 Å². The van der Waals surface area contributed by atoms with Crippen LogP contribution >= 0.6 is 0 Å². The largest absolute Gasteiger partial charge is 0.497 e. The van der Waals surface area contributed by atoms with E-state index in [1.54, 1.807) is 66.7 Å². The number of rotatable bonds is 9. The molecule has 0 aliphatic heterocycles. The number of aryl methyl sites for hydroxylation is 1. The van der Waals surface area contributed by atoms with Gasteiger partial charge in [-0.3, -0.25) is 9.52 Å². The number of nitrogens with one attached hydrogen (secondary N) is 2. The van der Waals surface area contributed by atoms with Crippen molar-refractivity contribution in [3.63, 3.8) is 0 Å². The van der Waals surface area contributed by atoms with E-state index in [9.17, 15) is 13.2 Å². The number of hydrogen-bond donors (Lipinski definition) is 2. The van der Waals surface area contributed by atoms with Crippen LogP contribution in [0.25, 0.3) is 0 Å². The van der Waals surface area contributed by atoms with Gasteiger partial charge in [0.2, 0.25) is 0 Å². The zero-order valence-corrected chi connectivity index (χ0v) is 18.8. The molecule has 7 nitrogen and oxygen atoms in total. The van der Waals surface area contributed by atoms with Crippen LogP contribution in [0.3, 0.4) is 0 Å². The van der Waals surface area contributed by atoms with E-state index in [2.05, 4.69) is 10.0 Å². The predicted molar refractivity (Wildman–Crippen MR) is 125 cm³/mol. The van der Waals surface area contributed by atoms with Gasteiger partial charge in [-0.1, -0.05) is 29.8 Å². The number of anilines is 2. The Morgan fingerprint density at radius 3 is 2.25 bits per heavy atom. The molecule has 32 heavy (non-hydrogen) atoms. The second kappa shape index (κ2) is 10.0. The van der Waals surface area contributed by atoms with E-state index in [1.807, 2.05) is 6.92 Å². The molecule has 0 saturated heterocycles. The van der Waals surface area contributed by atoms with E-state index in [1.165, 1.54) is 26.5 Å². The lowest BCUT2D eigenvalue weighted by Gasteiger charge is -2.12. The van der Waals surface area contributed by atoms with Gasteiger partial charge in [0.15, 0.2) is 5.78 Å². The lowest BCUT2D eigenvalue weighted by molar-refractivity contribution is 0.104. The molecule has 2 N–H and O–H groups in total. The predicted octanol–water partition coefficient (Wildman–Crippen LogP) is 4.62. The molecule has 0 aliphatic rings. The molecule has 3 aromatic carbocycles. The number of carbonyl (C=O) groups excluding carboxylic acids is 1. The van der Waals surface area contributed by atoms with Gasteiger partial charge in [-0.25, -0.2) is 8.42 Å². The standard InChI is InChI=1S/C24H24N2O5S/c1-17-8-11-19(12-9-17)32(28,29)26-22-7-5-4-6-21(22)25-15-14-23(27)20-13-10-18(30-2)16-24(20)31-3/h4-16,25-26H,1-3H3/b15-14+. The summed E-state index contributed by atoms with van der Waals surface area (Å²) in [5, 5.41) is 2.96. The van der Waals surface area contributed by atoms with E-state index < -0.39 is 10.0 Å². The zero-order valence-electron chi connectivity index (χ0n) is 18.0. The number of methoxy groups -OCH3 is 2. The molecule has 8 heteroatoms. The van der Waals surface area contributed by atoms with Crippen LogP contribution in [0.15, 0.2) is 83.9 Å². The molecule has 0 bridgehead atoms. The topological polar surface area (TPSA) is 93.7 Å². The Labute approximate surface area is 187 Å². The summed E-state index contributed by atoms with van der Waals surface area (Å²) in [6.07, 6.45) is 2.79. The molecule has 0 amide bonds. The highest BCUT2D eigenvalue weighted by atomic mass is 32.2. The zero-order chi connectivity index (χ0) is 23.1. The highest BCUT2D eigenvalue weighted by molar-refractivity contribution is 7.92. The first-order valence-electron chi connectivity index (χ1n) is 9.72. The minimum atomic E-state index is -3.76. The molecule has 166 valence electrons. The number of para-hydroxylation sites is 2. The minimum absolute atomic E-state index is 0.162. The third-order valence-electron chi connectivity index (χ3n) is 4.65. The van der Waals surface area contributed by atoms with E-state index in [0.29, 0.717) is 28.4 Å². The average molecular weight is 453 g/mol. The first-order valence-corrected chi connectivity index (χ1v) is 11.2. The van der Waals surface area contributed by atoms with Crippen LogP contribution in [0, 0.1) is 6.92 Å². The average Bonchev–Trinajstić information content (AvgIpc) is 2.79. The van der Waals surface area contributed by atoms with Crippen molar-refractivity contribution in [1.82, 2.24) is 0 Å². The number of benzene rings is 3. The Hall–Kier alpha value is -3.78. The summed E-state index contributed by atoms with van der Waals surface area (Å²) < 4.78 is 38.4. The van der Waals surface area contributed by atoms with Gasteiger partial charge in [0.1, 0.15) is 11.5 Å². The molecular weight excluding hydrogens is 428 g/mol. The summed E-state index contributed by atoms with van der Waals surface area (Å²) in [4.78, 5) is 12.7. The highest BCUT2D eigenvalue weighted by Gasteiger charge is 2.16. The van der Waals surface area contributed by atoms with Crippen molar-refractivity contribution < 1.29 is 22.7 Å². The Morgan fingerprint density at radius 2 is 1.59 bits per heavy atom. The maximum Gasteiger partial charge on any atom is 0.261 e. The maximum absolute atomic E-state index is 12.7. The Bertz CT molecular complexity index is 1240. The van der Waals surface area contributed by atoms with Crippen molar-refractivity contribution in [3.8, 4) is 11.5 Å². The van der Waals surface area contributed by atoms with Crippen LogP contribution in [0.5, 0.6) is 11.5 Å². The number of ether oxygens (including phenoxy) is 2. The Kier molecular flexibility index (Phi) is 7.17. The van der Waals surface area contributed by atoms with Gasteiger partial charge in [-0.05, 0) is 43.3 Å². The Morgan fingerprint density at radius 1 is 0.906 bits per heavy atom. The first kappa shape index (κ1) is 22.9. The minimum Gasteiger partial charge on any atom is -0.497 e. The quantitative estimate of drug-likeness (QED) is 0.363. The van der Waals surface area contributed by atoms with E-state index in [-0.39, 0.29) is 10.7 Å². The molecule has 0 spiro atoms. The third-order valence-corrected chi connectivity index (χ3v) is 6.03. The summed E-state index contributed by atoms with van der Waals surface area (Å²) in [5.74, 6) is 0.690. The monoisotopic (exact) mass is 452 g/mol. The lowest BCUT2D eigenvalue weighted by Crippen LogP contribution is -2.14. The van der Waals surface area contributed by atoms with E-state index in [4.69, 9.17) is 9.47 Å². The number of hydrogen-bond acceptors (Lipinski definition) is 6. The van der Waals surface area contributed by atoms with Crippen LogP contribution in [-0.2, 0) is 10.0 Å². The molecule has 0 atom stereocenters. The SMILES string of the molecule is COc1ccc(C(=O)/C=C/Nc2ccccc2NS(=O)(=O)c2ccc(C)cc2)c(OC)c1. The van der Waals surface area contributed by atoms with Crippen molar-refractivity contribution in [3.05, 3.63) is 90.1 Å². The van der Waals surface area contributed by atoms with Gasteiger partial charge in [0.05, 0.1) is 36.1 Å². The molecule has 3 rings (SSSR count). The van der Waals surface area contributed by atoms with Crippen LogP contribution in [0.4, 0.5) is 11.4 Å². The van der Waals surface area contributed by atoms with Gasteiger partial charge in [-0.15, -0.1) is 0 Å². The van der Waals surface area contributed by atoms with Gasteiger partial charge < -0.3 is 14.8 Å². The lowest BCUT2D eigenvalue weighted by atomic mass is 10.1. The molecule has 0 saturated carbocycles. The Balaban J connectivity index is 1.76.